The van der Waals surface area contributed by atoms with Crippen LogP contribution in [0.15, 0.2) is 72.9 Å². The molecule has 11 heteroatoms. The molecule has 2 aliphatic rings. The predicted octanol–water partition coefficient (Wildman–Crippen LogP) is 5.82. The molecule has 1 saturated carbocycles. The zero-order valence-corrected chi connectivity index (χ0v) is 25.4. The van der Waals surface area contributed by atoms with E-state index in [4.69, 9.17) is 23.2 Å². The number of likely N-dealkylation sites (tertiary alicyclic amines) is 1. The first-order valence-electron chi connectivity index (χ1n) is 13.9. The summed E-state index contributed by atoms with van der Waals surface area (Å²) in [5, 5.41) is 10.9. The van der Waals surface area contributed by atoms with Gasteiger partial charge in [-0.3, -0.25) is 14.6 Å². The van der Waals surface area contributed by atoms with Crippen LogP contribution in [0.2, 0.25) is 10.0 Å². The minimum atomic E-state index is -3.78. The SMILES string of the molecule is C[C@]1(CC(=O)O)CC(c2cccc(Cl)c2)[C@@H](c2ccc(Cl)cc2)N(C(CNS(=O)(=O)Cc2ccccn2)C2CC2)C1=O. The lowest BCUT2D eigenvalue weighted by Crippen LogP contribution is -2.59. The van der Waals surface area contributed by atoms with E-state index in [1.165, 1.54) is 0 Å². The van der Waals surface area contributed by atoms with Crippen molar-refractivity contribution in [3.8, 4) is 0 Å². The molecule has 1 aliphatic heterocycles. The summed E-state index contributed by atoms with van der Waals surface area (Å²) in [6.07, 6.45) is 3.14. The van der Waals surface area contributed by atoms with E-state index in [9.17, 15) is 23.1 Å². The highest BCUT2D eigenvalue weighted by molar-refractivity contribution is 7.88. The molecule has 42 heavy (non-hydrogen) atoms. The molecule has 0 bridgehead atoms. The van der Waals surface area contributed by atoms with E-state index in [0.717, 1.165) is 24.0 Å². The summed E-state index contributed by atoms with van der Waals surface area (Å²) in [7, 11) is -3.78. The zero-order chi connectivity index (χ0) is 30.1. The van der Waals surface area contributed by atoms with Gasteiger partial charge < -0.3 is 10.0 Å². The third kappa shape index (κ3) is 6.97. The molecule has 8 nitrogen and oxygen atoms in total. The van der Waals surface area contributed by atoms with E-state index in [-0.39, 0.29) is 42.9 Å². The van der Waals surface area contributed by atoms with Crippen LogP contribution in [0.1, 0.15) is 61.4 Å². The van der Waals surface area contributed by atoms with Gasteiger partial charge in [0.25, 0.3) is 0 Å². The van der Waals surface area contributed by atoms with E-state index in [1.807, 2.05) is 30.3 Å². The largest absolute Gasteiger partial charge is 0.481 e. The maximum atomic E-state index is 14.5. The van der Waals surface area contributed by atoms with Crippen LogP contribution in [0.25, 0.3) is 0 Å². The van der Waals surface area contributed by atoms with Crippen molar-refractivity contribution in [2.24, 2.45) is 11.3 Å². The number of aliphatic carboxylic acids is 1. The number of pyridine rings is 1. The molecule has 2 heterocycles. The number of carbonyl (C=O) groups is 2. The first-order chi connectivity index (χ1) is 20.0. The van der Waals surface area contributed by atoms with Gasteiger partial charge in [-0.25, -0.2) is 13.1 Å². The van der Waals surface area contributed by atoms with Gasteiger partial charge in [0.15, 0.2) is 0 Å². The molecule has 5 rings (SSSR count). The van der Waals surface area contributed by atoms with Crippen molar-refractivity contribution in [2.75, 3.05) is 6.54 Å². The molecule has 1 aliphatic carbocycles. The monoisotopic (exact) mass is 629 g/mol. The molecule has 1 aromatic heterocycles. The molecule has 2 N–H and O–H groups in total. The van der Waals surface area contributed by atoms with E-state index in [0.29, 0.717) is 15.7 Å². The average molecular weight is 631 g/mol. The Bertz CT molecular complexity index is 1550. The number of hydrogen-bond acceptors (Lipinski definition) is 5. The Morgan fingerprint density at radius 2 is 1.81 bits per heavy atom. The second-order valence-corrected chi connectivity index (χ2v) is 14.2. The minimum absolute atomic E-state index is 0.00107. The summed E-state index contributed by atoms with van der Waals surface area (Å²) in [5.41, 5.74) is 0.900. The fraction of sp³-hybridized carbons (Fsp3) is 0.387. The highest BCUT2D eigenvalue weighted by Crippen LogP contribution is 2.54. The van der Waals surface area contributed by atoms with Crippen molar-refractivity contribution in [1.82, 2.24) is 14.6 Å². The standard InChI is InChI=1S/C31H33Cl2N3O5S/c1-31(17-28(37)38)16-26(22-5-4-6-24(33)15-22)29(21-10-12-23(32)13-11-21)36(30(31)39)27(20-8-9-20)18-35-42(40,41)19-25-7-2-3-14-34-25/h2-7,10-15,20,26-27,29,35H,8-9,16-19H2,1H3,(H,37,38)/t26?,27?,29-,31-/m1/s1. The van der Waals surface area contributed by atoms with Gasteiger partial charge in [-0.1, -0.05) is 60.5 Å². The topological polar surface area (TPSA) is 117 Å². The number of carboxylic acids is 1. The Kier molecular flexibility index (Phi) is 8.94. The average Bonchev–Trinajstić information content (AvgIpc) is 3.77. The molecule has 2 aromatic carbocycles. The second kappa shape index (κ2) is 12.3. The number of hydrogen-bond donors (Lipinski definition) is 2. The lowest BCUT2D eigenvalue weighted by molar-refractivity contribution is -0.161. The number of aromatic nitrogens is 1. The molecule has 2 unspecified atom stereocenters. The number of halogens is 2. The number of benzene rings is 2. The smallest absolute Gasteiger partial charge is 0.304 e. The summed E-state index contributed by atoms with van der Waals surface area (Å²) in [6.45, 7) is 1.70. The van der Waals surface area contributed by atoms with Gasteiger partial charge in [0.2, 0.25) is 15.9 Å². The van der Waals surface area contributed by atoms with E-state index < -0.39 is 33.5 Å². The summed E-state index contributed by atoms with van der Waals surface area (Å²) in [4.78, 5) is 32.4. The van der Waals surface area contributed by atoms with E-state index in [1.54, 1.807) is 54.4 Å². The highest BCUT2D eigenvalue weighted by atomic mass is 35.5. The maximum Gasteiger partial charge on any atom is 0.304 e. The van der Waals surface area contributed by atoms with Crippen molar-refractivity contribution in [3.63, 3.8) is 0 Å². The Balaban J connectivity index is 1.58. The van der Waals surface area contributed by atoms with Gasteiger partial charge in [0.05, 0.1) is 23.6 Å². The molecular weight excluding hydrogens is 597 g/mol. The molecule has 3 aromatic rings. The van der Waals surface area contributed by atoms with Crippen molar-refractivity contribution in [1.29, 1.82) is 0 Å². The Hall–Kier alpha value is -2.98. The molecule has 2 fully saturated rings. The Labute approximate surface area is 256 Å². The number of rotatable bonds is 11. The van der Waals surface area contributed by atoms with Crippen LogP contribution in [0.4, 0.5) is 0 Å². The van der Waals surface area contributed by atoms with E-state index in [2.05, 4.69) is 9.71 Å². The van der Waals surface area contributed by atoms with Crippen molar-refractivity contribution in [3.05, 3.63) is 99.8 Å². The molecule has 1 saturated heterocycles. The van der Waals surface area contributed by atoms with Gasteiger partial charge in [-0.15, -0.1) is 0 Å². The highest BCUT2D eigenvalue weighted by Gasteiger charge is 2.54. The van der Waals surface area contributed by atoms with Crippen molar-refractivity contribution >= 4 is 45.1 Å². The number of sulfonamides is 1. The lowest BCUT2D eigenvalue weighted by Gasteiger charge is -2.52. The third-order valence-corrected chi connectivity index (χ3v) is 10.0. The van der Waals surface area contributed by atoms with Crippen LogP contribution in [-0.4, -0.2) is 47.9 Å². The second-order valence-electron chi connectivity index (χ2n) is 11.5. The summed E-state index contributed by atoms with van der Waals surface area (Å²) in [5.74, 6) is -1.91. The van der Waals surface area contributed by atoms with Gasteiger partial charge in [-0.05, 0) is 72.7 Å². The summed E-state index contributed by atoms with van der Waals surface area (Å²) >= 11 is 12.7. The fourth-order valence-corrected chi connectivity index (χ4v) is 7.57. The first-order valence-corrected chi connectivity index (χ1v) is 16.3. The number of carboxylic acid groups (broad SMARTS) is 1. The number of carbonyl (C=O) groups excluding carboxylic acids is 1. The number of nitrogens with zero attached hydrogens (tertiary/aromatic N) is 2. The zero-order valence-electron chi connectivity index (χ0n) is 23.1. The molecule has 222 valence electrons. The van der Waals surface area contributed by atoms with Gasteiger partial charge in [-0.2, -0.15) is 0 Å². The molecule has 0 spiro atoms. The third-order valence-electron chi connectivity index (χ3n) is 8.23. The van der Waals surface area contributed by atoms with Crippen LogP contribution in [0.3, 0.4) is 0 Å². The molecular formula is C31H33Cl2N3O5S. The lowest BCUT2D eigenvalue weighted by atomic mass is 9.67. The number of nitrogens with one attached hydrogen (secondary N) is 1. The quantitative estimate of drug-likeness (QED) is 0.276. The summed E-state index contributed by atoms with van der Waals surface area (Å²) in [6, 6.07) is 18.8. The van der Waals surface area contributed by atoms with Crippen LogP contribution in [0, 0.1) is 11.3 Å². The van der Waals surface area contributed by atoms with Gasteiger partial charge in [0, 0.05) is 34.7 Å². The number of amides is 1. The van der Waals surface area contributed by atoms with E-state index >= 15 is 0 Å². The summed E-state index contributed by atoms with van der Waals surface area (Å²) < 4.78 is 29.0. The molecule has 4 atom stereocenters. The minimum Gasteiger partial charge on any atom is -0.481 e. The van der Waals surface area contributed by atoms with Crippen LogP contribution in [-0.2, 0) is 25.4 Å². The van der Waals surface area contributed by atoms with Gasteiger partial charge >= 0.3 is 5.97 Å². The molecule has 1 amide bonds. The van der Waals surface area contributed by atoms with Crippen LogP contribution >= 0.6 is 23.2 Å². The Morgan fingerprint density at radius 3 is 2.43 bits per heavy atom. The molecule has 0 radical (unpaired) electrons. The number of piperidine rings is 1. The predicted molar refractivity (Wildman–Crippen MR) is 162 cm³/mol. The van der Waals surface area contributed by atoms with Crippen molar-refractivity contribution < 1.29 is 23.1 Å². The fourth-order valence-electron chi connectivity index (χ4n) is 6.16. The Morgan fingerprint density at radius 1 is 1.07 bits per heavy atom. The van der Waals surface area contributed by atoms with Gasteiger partial charge in [0.1, 0.15) is 5.75 Å². The first kappa shape index (κ1) is 30.5. The normalized spacial score (nSPS) is 23.5. The van der Waals surface area contributed by atoms with Crippen molar-refractivity contribution in [2.45, 2.75) is 56.4 Å². The van der Waals surface area contributed by atoms with Crippen LogP contribution in [0.5, 0.6) is 0 Å². The maximum absolute atomic E-state index is 14.5. The van der Waals surface area contributed by atoms with Crippen LogP contribution < -0.4 is 4.72 Å².